The fraction of sp³-hybridized carbons (Fsp3) is 0.231. The van der Waals surface area contributed by atoms with E-state index in [0.29, 0.717) is 5.57 Å². The summed E-state index contributed by atoms with van der Waals surface area (Å²) in [5.41, 5.74) is -0.863. The second-order valence-corrected chi connectivity index (χ2v) is 4.78. The number of carboxylic acid groups (broad SMARTS) is 2. The minimum Gasteiger partial charge on any atom is -0.480 e. The molecule has 0 radical (unpaired) electrons. The van der Waals surface area contributed by atoms with Crippen LogP contribution in [0.3, 0.4) is 0 Å². The first-order valence-electron chi connectivity index (χ1n) is 5.71. The van der Waals surface area contributed by atoms with Crippen molar-refractivity contribution >= 4 is 23.5 Å². The fourth-order valence-electron chi connectivity index (χ4n) is 2.22. The molecular weight excluding hydrogens is 284 g/mol. The van der Waals surface area contributed by atoms with Gasteiger partial charge >= 0.3 is 11.9 Å². The van der Waals surface area contributed by atoms with Crippen LogP contribution in [0, 0.1) is 0 Å². The monoisotopic (exact) mass is 294 g/mol. The molecule has 104 valence electrons. The highest BCUT2D eigenvalue weighted by atomic mass is 35.5. The van der Waals surface area contributed by atoms with Crippen LogP contribution < -0.4 is 0 Å². The topological polar surface area (TPSA) is 100 Å². The maximum Gasteiger partial charge on any atom is 0.331 e. The minimum absolute atomic E-state index is 0.00716. The standard InChI is InChI=1S/C13H11ClN2O4/c1-7-2-3-8(10(17)18)6-13(7,11(19)20)9-4-5-15-12(14)16-9/h2-5H,6H2,1H3,(H,17,18)(H,19,20). The first kappa shape index (κ1) is 14.2. The molecule has 2 rings (SSSR count). The van der Waals surface area contributed by atoms with Crippen LogP contribution in [0.25, 0.3) is 0 Å². The van der Waals surface area contributed by atoms with Gasteiger partial charge in [-0.3, -0.25) is 4.79 Å². The van der Waals surface area contributed by atoms with Gasteiger partial charge in [0.2, 0.25) is 5.28 Å². The van der Waals surface area contributed by atoms with Crippen molar-refractivity contribution in [3.05, 3.63) is 46.5 Å². The predicted molar refractivity (Wildman–Crippen MR) is 70.4 cm³/mol. The second-order valence-electron chi connectivity index (χ2n) is 4.44. The summed E-state index contributed by atoms with van der Waals surface area (Å²) in [4.78, 5) is 30.6. The molecule has 1 heterocycles. The summed E-state index contributed by atoms with van der Waals surface area (Å²) in [5, 5.41) is 18.6. The predicted octanol–water partition coefficient (Wildman–Crippen LogP) is 1.81. The van der Waals surface area contributed by atoms with Gasteiger partial charge in [-0.05, 0) is 30.2 Å². The average molecular weight is 295 g/mol. The Labute approximate surface area is 119 Å². The lowest BCUT2D eigenvalue weighted by atomic mass is 9.70. The molecule has 0 spiro atoms. The van der Waals surface area contributed by atoms with Crippen molar-refractivity contribution in [3.8, 4) is 0 Å². The molecular formula is C13H11ClN2O4. The van der Waals surface area contributed by atoms with Crippen molar-refractivity contribution in [1.82, 2.24) is 9.97 Å². The smallest absolute Gasteiger partial charge is 0.331 e. The zero-order chi connectivity index (χ0) is 14.9. The maximum atomic E-state index is 11.8. The van der Waals surface area contributed by atoms with Gasteiger partial charge < -0.3 is 10.2 Å². The summed E-state index contributed by atoms with van der Waals surface area (Å²) >= 11 is 5.71. The average Bonchev–Trinajstić information content (AvgIpc) is 2.38. The van der Waals surface area contributed by atoms with Crippen molar-refractivity contribution in [1.29, 1.82) is 0 Å². The molecule has 7 heteroatoms. The number of aromatic nitrogens is 2. The van der Waals surface area contributed by atoms with Crippen molar-refractivity contribution in [2.75, 3.05) is 0 Å². The van der Waals surface area contributed by atoms with E-state index in [9.17, 15) is 14.7 Å². The molecule has 0 saturated carbocycles. The van der Waals surface area contributed by atoms with Gasteiger partial charge in [0.15, 0.2) is 0 Å². The van der Waals surface area contributed by atoms with Gasteiger partial charge in [0.25, 0.3) is 0 Å². The highest BCUT2D eigenvalue weighted by Gasteiger charge is 2.46. The fourth-order valence-corrected chi connectivity index (χ4v) is 2.37. The highest BCUT2D eigenvalue weighted by molar-refractivity contribution is 6.28. The normalized spacial score (nSPS) is 21.9. The number of rotatable bonds is 3. The van der Waals surface area contributed by atoms with E-state index >= 15 is 0 Å². The molecule has 6 nitrogen and oxygen atoms in total. The number of nitrogens with zero attached hydrogens (tertiary/aromatic N) is 2. The molecule has 1 unspecified atom stereocenters. The van der Waals surface area contributed by atoms with E-state index in [1.807, 2.05) is 0 Å². The largest absolute Gasteiger partial charge is 0.480 e. The van der Waals surface area contributed by atoms with Crippen molar-refractivity contribution in [2.45, 2.75) is 18.8 Å². The van der Waals surface area contributed by atoms with E-state index < -0.39 is 17.4 Å². The van der Waals surface area contributed by atoms with Crippen LogP contribution in [0.5, 0.6) is 0 Å². The molecule has 0 aliphatic heterocycles. The molecule has 20 heavy (non-hydrogen) atoms. The summed E-state index contributed by atoms with van der Waals surface area (Å²) in [6.07, 6.45) is 4.05. The van der Waals surface area contributed by atoms with Crippen LogP contribution in [0.1, 0.15) is 19.0 Å². The third-order valence-corrected chi connectivity index (χ3v) is 3.55. The van der Waals surface area contributed by atoms with E-state index in [1.165, 1.54) is 24.4 Å². The van der Waals surface area contributed by atoms with E-state index in [-0.39, 0.29) is 23.0 Å². The number of hydrogen-bond donors (Lipinski definition) is 2. The molecule has 1 aromatic rings. The Morgan fingerprint density at radius 3 is 2.60 bits per heavy atom. The van der Waals surface area contributed by atoms with Crippen LogP contribution in [0.2, 0.25) is 5.28 Å². The molecule has 0 bridgehead atoms. The van der Waals surface area contributed by atoms with Gasteiger partial charge in [0.05, 0.1) is 5.69 Å². The van der Waals surface area contributed by atoms with Crippen molar-refractivity contribution < 1.29 is 19.8 Å². The third kappa shape index (κ3) is 2.18. The summed E-state index contributed by atoms with van der Waals surface area (Å²) in [5.74, 6) is -2.33. The second kappa shape index (κ2) is 5.05. The molecule has 1 atom stereocenters. The van der Waals surface area contributed by atoms with Gasteiger partial charge in [0, 0.05) is 18.2 Å². The van der Waals surface area contributed by atoms with E-state index in [0.717, 1.165) is 0 Å². The molecule has 0 amide bonds. The Hall–Kier alpha value is -2.21. The molecule has 0 fully saturated rings. The number of halogens is 1. The van der Waals surface area contributed by atoms with Gasteiger partial charge in [-0.2, -0.15) is 0 Å². The quantitative estimate of drug-likeness (QED) is 0.825. The van der Waals surface area contributed by atoms with Crippen LogP contribution in [0.4, 0.5) is 0 Å². The first-order valence-corrected chi connectivity index (χ1v) is 6.09. The number of carbonyl (C=O) groups is 2. The SMILES string of the molecule is CC1=CC=C(C(=O)O)CC1(C(=O)O)c1ccnc(Cl)n1. The minimum atomic E-state index is -1.53. The maximum absolute atomic E-state index is 11.8. The Morgan fingerprint density at radius 2 is 2.05 bits per heavy atom. The summed E-state index contributed by atoms with van der Waals surface area (Å²) in [6, 6.07) is 1.43. The summed E-state index contributed by atoms with van der Waals surface area (Å²) < 4.78 is 0. The Bertz CT molecular complexity index is 654. The van der Waals surface area contributed by atoms with E-state index in [2.05, 4.69) is 9.97 Å². The number of allylic oxidation sites excluding steroid dienone is 2. The molecule has 0 aromatic carbocycles. The number of aliphatic carboxylic acids is 2. The van der Waals surface area contributed by atoms with Gasteiger partial charge in [-0.25, -0.2) is 14.8 Å². The van der Waals surface area contributed by atoms with Crippen LogP contribution in [-0.2, 0) is 15.0 Å². The molecule has 1 aliphatic carbocycles. The lowest BCUT2D eigenvalue weighted by Gasteiger charge is -2.32. The molecule has 1 aromatic heterocycles. The Kier molecular flexibility index (Phi) is 3.59. The zero-order valence-corrected chi connectivity index (χ0v) is 11.3. The van der Waals surface area contributed by atoms with Gasteiger partial charge in [-0.15, -0.1) is 0 Å². The lowest BCUT2D eigenvalue weighted by Crippen LogP contribution is -2.40. The van der Waals surface area contributed by atoms with Gasteiger partial charge in [-0.1, -0.05) is 12.2 Å². The van der Waals surface area contributed by atoms with E-state index in [1.54, 1.807) is 6.92 Å². The Morgan fingerprint density at radius 1 is 1.35 bits per heavy atom. The van der Waals surface area contributed by atoms with Crippen molar-refractivity contribution in [3.63, 3.8) is 0 Å². The van der Waals surface area contributed by atoms with Crippen molar-refractivity contribution in [2.24, 2.45) is 0 Å². The first-order chi connectivity index (χ1) is 9.37. The molecule has 1 aliphatic rings. The van der Waals surface area contributed by atoms with E-state index in [4.69, 9.17) is 16.7 Å². The highest BCUT2D eigenvalue weighted by Crippen LogP contribution is 2.40. The lowest BCUT2D eigenvalue weighted by molar-refractivity contribution is -0.142. The Balaban J connectivity index is 2.63. The summed E-state index contributed by atoms with van der Waals surface area (Å²) in [6.45, 7) is 1.62. The van der Waals surface area contributed by atoms with Gasteiger partial charge in [0.1, 0.15) is 5.41 Å². The zero-order valence-electron chi connectivity index (χ0n) is 10.5. The third-order valence-electron chi connectivity index (χ3n) is 3.37. The van der Waals surface area contributed by atoms with Crippen LogP contribution in [-0.4, -0.2) is 32.1 Å². The number of carboxylic acids is 2. The summed E-state index contributed by atoms with van der Waals surface area (Å²) in [7, 11) is 0. The molecule has 2 N–H and O–H groups in total. The number of hydrogen-bond acceptors (Lipinski definition) is 4. The van der Waals surface area contributed by atoms with Crippen LogP contribution >= 0.6 is 11.6 Å². The van der Waals surface area contributed by atoms with Crippen LogP contribution in [0.15, 0.2) is 35.6 Å². The molecule has 0 saturated heterocycles.